The first kappa shape index (κ1) is 24.2. The van der Waals surface area contributed by atoms with Crippen LogP contribution in [0.1, 0.15) is 85.5 Å². The average molecular weight is 385 g/mol. The van der Waals surface area contributed by atoms with Crippen LogP contribution in [0.4, 0.5) is 0 Å². The number of hydrogen-bond acceptors (Lipinski definition) is 2. The normalized spacial score (nSPS) is 25.0. The van der Waals surface area contributed by atoms with Gasteiger partial charge in [-0.3, -0.25) is 0 Å². The molecule has 2 heteroatoms. The Balaban J connectivity index is 2.97. The van der Waals surface area contributed by atoms with Gasteiger partial charge in [0.2, 0.25) is 0 Å². The Morgan fingerprint density at radius 2 is 1.75 bits per heavy atom. The fourth-order valence-corrected chi connectivity index (χ4v) is 3.56. The highest BCUT2D eigenvalue weighted by Crippen LogP contribution is 2.28. The second-order valence-electron chi connectivity index (χ2n) is 8.35. The van der Waals surface area contributed by atoms with Crippen LogP contribution < -0.4 is 0 Å². The van der Waals surface area contributed by atoms with Crippen LogP contribution in [-0.4, -0.2) is 13.1 Å². The van der Waals surface area contributed by atoms with Crippen molar-refractivity contribution in [1.29, 1.82) is 0 Å². The summed E-state index contributed by atoms with van der Waals surface area (Å²) in [5.41, 5.74) is 6.32. The summed E-state index contributed by atoms with van der Waals surface area (Å²) in [4.78, 5) is 12.2. The molecule has 1 aliphatic carbocycles. The highest BCUT2D eigenvalue weighted by atomic mass is 16.5. The van der Waals surface area contributed by atoms with Gasteiger partial charge in [0.25, 0.3) is 0 Å². The van der Waals surface area contributed by atoms with E-state index in [4.69, 9.17) is 4.74 Å². The van der Waals surface area contributed by atoms with E-state index in [1.54, 1.807) is 0 Å². The van der Waals surface area contributed by atoms with Gasteiger partial charge in [0.15, 0.2) is 0 Å². The van der Waals surface area contributed by atoms with Crippen molar-refractivity contribution in [3.63, 3.8) is 0 Å². The number of methoxy groups -OCH3 is 1. The zero-order valence-electron chi connectivity index (χ0n) is 18.8. The van der Waals surface area contributed by atoms with E-state index < -0.39 is 0 Å². The van der Waals surface area contributed by atoms with Crippen molar-refractivity contribution in [2.45, 2.75) is 85.5 Å². The van der Waals surface area contributed by atoms with Crippen molar-refractivity contribution >= 4 is 5.97 Å². The van der Waals surface area contributed by atoms with Crippen LogP contribution in [-0.2, 0) is 9.53 Å². The van der Waals surface area contributed by atoms with E-state index in [0.717, 1.165) is 63.4 Å². The molecule has 0 saturated carbocycles. The maximum absolute atomic E-state index is 12.2. The van der Waals surface area contributed by atoms with E-state index in [9.17, 15) is 4.79 Å². The molecule has 28 heavy (non-hydrogen) atoms. The molecule has 2 nitrogen and oxygen atoms in total. The number of rotatable bonds is 5. The van der Waals surface area contributed by atoms with E-state index in [1.165, 1.54) is 29.4 Å². The van der Waals surface area contributed by atoms with Crippen molar-refractivity contribution in [3.8, 4) is 0 Å². The molecule has 1 atom stereocenters. The van der Waals surface area contributed by atoms with E-state index in [-0.39, 0.29) is 5.97 Å². The van der Waals surface area contributed by atoms with Crippen LogP contribution in [0.5, 0.6) is 0 Å². The molecule has 0 amide bonds. The number of carbonyl (C=O) groups is 1. The smallest absolute Gasteiger partial charge is 0.333 e. The molecule has 0 radical (unpaired) electrons. The van der Waals surface area contributed by atoms with Gasteiger partial charge in [-0.25, -0.2) is 4.79 Å². The quantitative estimate of drug-likeness (QED) is 0.359. The largest absolute Gasteiger partial charge is 0.466 e. The molecule has 1 rings (SSSR count). The minimum atomic E-state index is -0.186. The molecule has 0 heterocycles. The molecule has 0 aromatic heterocycles. The molecule has 0 aliphatic heterocycles. The maximum Gasteiger partial charge on any atom is 0.333 e. The van der Waals surface area contributed by atoms with Gasteiger partial charge in [0.1, 0.15) is 0 Å². The second kappa shape index (κ2) is 13.4. The zero-order valence-corrected chi connectivity index (χ0v) is 18.8. The predicted octanol–water partition coefficient (Wildman–Crippen LogP) is 7.64. The molecule has 0 saturated heterocycles. The van der Waals surface area contributed by atoms with E-state index in [2.05, 4.69) is 58.6 Å². The number of carbonyl (C=O) groups excluding carboxylic acids is 1. The van der Waals surface area contributed by atoms with Gasteiger partial charge in [-0.2, -0.15) is 0 Å². The Morgan fingerprint density at radius 3 is 2.39 bits per heavy atom. The fraction of sp³-hybridized carbons (Fsp3) is 0.577. The first-order chi connectivity index (χ1) is 13.3. The van der Waals surface area contributed by atoms with E-state index in [1.807, 2.05) is 0 Å². The minimum Gasteiger partial charge on any atom is -0.466 e. The fourth-order valence-electron chi connectivity index (χ4n) is 3.56. The topological polar surface area (TPSA) is 26.3 Å². The standard InChI is InChI=1S/C26H40O2/c1-20(2)10-7-14-23(5)24-17-16-22(4)12-8-11-21(3)13-9-15-25(19-18-24)26(27)28-6/h10-11,15-16,24H,5,7-9,12-14,17-19H2,1-4,6H3/b21-11-,22-16+,25-15+/t24-/m0/s1. The Labute approximate surface area is 173 Å². The lowest BCUT2D eigenvalue weighted by Gasteiger charge is -2.19. The van der Waals surface area contributed by atoms with Gasteiger partial charge in [-0.1, -0.05) is 53.2 Å². The Morgan fingerprint density at radius 1 is 1.11 bits per heavy atom. The minimum absolute atomic E-state index is 0.186. The van der Waals surface area contributed by atoms with Crippen LogP contribution in [0.2, 0.25) is 0 Å². The Hall–Kier alpha value is -1.83. The summed E-state index contributed by atoms with van der Waals surface area (Å²) in [6, 6.07) is 0. The monoisotopic (exact) mass is 384 g/mol. The molecule has 0 unspecified atom stereocenters. The van der Waals surface area contributed by atoms with Crippen molar-refractivity contribution < 1.29 is 9.53 Å². The maximum atomic E-state index is 12.2. The summed E-state index contributed by atoms with van der Waals surface area (Å²) in [6.45, 7) is 13.1. The SMILES string of the molecule is C=C(CCC=C(C)C)[C@H]1C/C=C(\C)CC/C=C(/C)CC/C=C(/C(=O)OC)CC1. The molecule has 0 fully saturated rings. The van der Waals surface area contributed by atoms with Gasteiger partial charge in [0.05, 0.1) is 7.11 Å². The third-order valence-corrected chi connectivity index (χ3v) is 5.52. The average Bonchev–Trinajstić information content (AvgIpc) is 2.64. The second-order valence-corrected chi connectivity index (χ2v) is 8.35. The molecule has 0 bridgehead atoms. The molecule has 0 N–H and O–H groups in total. The Kier molecular flexibility index (Phi) is 11.6. The van der Waals surface area contributed by atoms with Crippen molar-refractivity contribution in [1.82, 2.24) is 0 Å². The number of hydrogen-bond donors (Lipinski definition) is 0. The summed E-state index contributed by atoms with van der Waals surface area (Å²) in [5, 5.41) is 0. The van der Waals surface area contributed by atoms with Gasteiger partial charge >= 0.3 is 5.97 Å². The van der Waals surface area contributed by atoms with Crippen LogP contribution in [0.25, 0.3) is 0 Å². The number of esters is 1. The molecular formula is C26H40O2. The van der Waals surface area contributed by atoms with Gasteiger partial charge in [-0.15, -0.1) is 0 Å². The summed E-state index contributed by atoms with van der Waals surface area (Å²) in [5.74, 6) is 0.225. The van der Waals surface area contributed by atoms with Crippen LogP contribution in [0, 0.1) is 5.92 Å². The van der Waals surface area contributed by atoms with Crippen LogP contribution in [0.3, 0.4) is 0 Å². The lowest BCUT2D eigenvalue weighted by molar-refractivity contribution is -0.136. The lowest BCUT2D eigenvalue weighted by Crippen LogP contribution is -2.09. The van der Waals surface area contributed by atoms with Crippen molar-refractivity contribution in [3.05, 3.63) is 58.7 Å². The molecule has 156 valence electrons. The van der Waals surface area contributed by atoms with Gasteiger partial charge < -0.3 is 4.74 Å². The molecule has 0 aromatic rings. The summed E-state index contributed by atoms with van der Waals surface area (Å²) in [6.07, 6.45) is 18.0. The van der Waals surface area contributed by atoms with Crippen LogP contribution in [0.15, 0.2) is 58.7 Å². The van der Waals surface area contributed by atoms with E-state index >= 15 is 0 Å². The zero-order chi connectivity index (χ0) is 20.9. The molecule has 0 spiro atoms. The van der Waals surface area contributed by atoms with Gasteiger partial charge in [0, 0.05) is 5.57 Å². The molecular weight excluding hydrogens is 344 g/mol. The molecule has 0 aromatic carbocycles. The summed E-state index contributed by atoms with van der Waals surface area (Å²) >= 11 is 0. The molecule has 1 aliphatic rings. The lowest BCUT2D eigenvalue weighted by atomic mass is 9.86. The number of ether oxygens (including phenoxy) is 1. The van der Waals surface area contributed by atoms with Gasteiger partial charge in [-0.05, 0) is 91.4 Å². The summed E-state index contributed by atoms with van der Waals surface area (Å²) in [7, 11) is 1.47. The predicted molar refractivity (Wildman–Crippen MR) is 121 cm³/mol. The third kappa shape index (κ3) is 9.92. The highest BCUT2D eigenvalue weighted by Gasteiger charge is 2.16. The summed E-state index contributed by atoms with van der Waals surface area (Å²) < 4.78 is 5.03. The first-order valence-corrected chi connectivity index (χ1v) is 10.7. The van der Waals surface area contributed by atoms with Crippen LogP contribution >= 0.6 is 0 Å². The third-order valence-electron chi connectivity index (χ3n) is 5.52. The van der Waals surface area contributed by atoms with Crippen molar-refractivity contribution in [2.75, 3.05) is 7.11 Å². The van der Waals surface area contributed by atoms with E-state index in [0.29, 0.717) is 5.92 Å². The Bertz CT molecular complexity index is 639. The van der Waals surface area contributed by atoms with Crippen molar-refractivity contribution in [2.24, 2.45) is 5.92 Å². The first-order valence-electron chi connectivity index (χ1n) is 10.7. The highest BCUT2D eigenvalue weighted by molar-refractivity contribution is 5.88. The number of allylic oxidation sites excluding steroid dienone is 8.